The van der Waals surface area contributed by atoms with Crippen molar-refractivity contribution in [1.29, 1.82) is 0 Å². The predicted molar refractivity (Wildman–Crippen MR) is 144 cm³/mol. The van der Waals surface area contributed by atoms with E-state index in [0.29, 0.717) is 13.0 Å². The number of ether oxygens (including phenoxy) is 2. The van der Waals surface area contributed by atoms with Crippen LogP contribution < -0.4 is 16.0 Å². The van der Waals surface area contributed by atoms with Gasteiger partial charge in [-0.1, -0.05) is 65.0 Å². The summed E-state index contributed by atoms with van der Waals surface area (Å²) >= 11 is 0. The number of benzene rings is 1. The van der Waals surface area contributed by atoms with E-state index in [-0.39, 0.29) is 36.8 Å². The molecule has 1 aromatic carbocycles. The number of alkyl carbamates (subject to hydrolysis) is 1. The molecule has 38 heavy (non-hydrogen) atoms. The van der Waals surface area contributed by atoms with Crippen LogP contribution in [0.15, 0.2) is 30.3 Å². The molecule has 4 atom stereocenters. The molecule has 2 rings (SSSR count). The predicted octanol–water partition coefficient (Wildman–Crippen LogP) is 3.10. The molecule has 214 valence electrons. The third kappa shape index (κ3) is 10.2. The SMILES string of the molecule is CC(C)C[C@@H](COC1CC(=O)N1C(O)NCc1ccccc1)NC(=O)[C@@H](NC(=O)OC(C)(C)C)C(C)(C)C. The molecule has 0 aliphatic carbocycles. The van der Waals surface area contributed by atoms with Gasteiger partial charge in [-0.25, -0.2) is 4.79 Å². The number of nitrogens with one attached hydrogen (secondary N) is 3. The lowest BCUT2D eigenvalue weighted by Gasteiger charge is -2.43. The van der Waals surface area contributed by atoms with Gasteiger partial charge in [0, 0.05) is 6.54 Å². The molecule has 3 amide bonds. The Morgan fingerprint density at radius 3 is 2.24 bits per heavy atom. The van der Waals surface area contributed by atoms with Crippen LogP contribution in [0.4, 0.5) is 4.79 Å². The molecule has 10 heteroatoms. The maximum Gasteiger partial charge on any atom is 0.408 e. The summed E-state index contributed by atoms with van der Waals surface area (Å²) in [6.45, 7) is 15.5. The van der Waals surface area contributed by atoms with E-state index in [1.807, 2.05) is 65.0 Å². The maximum atomic E-state index is 13.3. The first-order valence-corrected chi connectivity index (χ1v) is 13.2. The van der Waals surface area contributed by atoms with E-state index in [0.717, 1.165) is 5.56 Å². The molecule has 0 bridgehead atoms. The van der Waals surface area contributed by atoms with Crippen LogP contribution >= 0.6 is 0 Å². The van der Waals surface area contributed by atoms with Gasteiger partial charge in [-0.05, 0) is 44.1 Å². The molecule has 10 nitrogen and oxygen atoms in total. The Morgan fingerprint density at radius 2 is 1.71 bits per heavy atom. The first-order valence-electron chi connectivity index (χ1n) is 13.2. The zero-order chi connectivity index (χ0) is 28.7. The number of hydrogen-bond acceptors (Lipinski definition) is 7. The van der Waals surface area contributed by atoms with Crippen LogP contribution in [0.5, 0.6) is 0 Å². The first kappa shape index (κ1) is 31.5. The molecule has 1 aromatic rings. The van der Waals surface area contributed by atoms with Crippen molar-refractivity contribution in [3.05, 3.63) is 35.9 Å². The van der Waals surface area contributed by atoms with Gasteiger partial charge in [0.05, 0.1) is 19.1 Å². The minimum atomic E-state index is -1.19. The van der Waals surface area contributed by atoms with E-state index < -0.39 is 35.7 Å². The second-order valence-electron chi connectivity index (χ2n) is 12.3. The summed E-state index contributed by atoms with van der Waals surface area (Å²) in [5, 5.41) is 19.2. The average Bonchev–Trinajstić information content (AvgIpc) is 2.76. The van der Waals surface area contributed by atoms with Gasteiger partial charge in [-0.3, -0.25) is 19.8 Å². The topological polar surface area (TPSA) is 129 Å². The fraction of sp³-hybridized carbons (Fsp3) is 0.679. The van der Waals surface area contributed by atoms with E-state index in [1.165, 1.54) is 4.90 Å². The number of aliphatic hydroxyl groups excluding tert-OH is 1. The number of hydrogen-bond donors (Lipinski definition) is 4. The lowest BCUT2D eigenvalue weighted by Crippen LogP contribution is -2.63. The summed E-state index contributed by atoms with van der Waals surface area (Å²) in [5.41, 5.74) is -0.287. The number of rotatable bonds is 12. The van der Waals surface area contributed by atoms with E-state index in [4.69, 9.17) is 9.47 Å². The van der Waals surface area contributed by atoms with E-state index >= 15 is 0 Å². The Kier molecular flexibility index (Phi) is 11.1. The summed E-state index contributed by atoms with van der Waals surface area (Å²) in [6, 6.07) is 8.37. The number of β-lactam (4-membered cyclic amide) rings is 1. The molecule has 2 unspecified atom stereocenters. The zero-order valence-corrected chi connectivity index (χ0v) is 24.0. The van der Waals surface area contributed by atoms with E-state index in [9.17, 15) is 19.5 Å². The number of amides is 3. The standard InChI is InChI=1S/C28H46N4O6/c1-18(2)14-20(30-24(34)23(27(3,4)5)31-26(36)38-28(6,7)8)17-37-22-15-21(33)32(22)25(35)29-16-19-12-10-9-11-13-19/h9-13,18,20,22-23,25,29,35H,14-17H2,1-8H3,(H,30,34)(H,31,36)/t20-,22?,23+,25?/m0/s1. The highest BCUT2D eigenvalue weighted by molar-refractivity contribution is 5.86. The number of aliphatic hydroxyl groups is 1. The highest BCUT2D eigenvalue weighted by atomic mass is 16.6. The number of likely N-dealkylation sites (tertiary alicyclic amines) is 1. The molecule has 1 fully saturated rings. The molecule has 4 N–H and O–H groups in total. The molecule has 1 aliphatic heterocycles. The summed E-state index contributed by atoms with van der Waals surface area (Å²) in [5.74, 6) is -0.307. The number of nitrogens with zero attached hydrogens (tertiary/aromatic N) is 1. The zero-order valence-electron chi connectivity index (χ0n) is 24.0. The van der Waals surface area contributed by atoms with Crippen LogP contribution in [0.1, 0.15) is 73.8 Å². The minimum Gasteiger partial charge on any atom is -0.444 e. The van der Waals surface area contributed by atoms with E-state index in [1.54, 1.807) is 20.8 Å². The Hall–Kier alpha value is -2.69. The molecule has 0 radical (unpaired) electrons. The summed E-state index contributed by atoms with van der Waals surface area (Å²) in [4.78, 5) is 39.2. The Balaban J connectivity index is 1.99. The van der Waals surface area contributed by atoms with Crippen molar-refractivity contribution in [3.63, 3.8) is 0 Å². The monoisotopic (exact) mass is 534 g/mol. The normalized spacial score (nSPS) is 18.4. The van der Waals surface area contributed by atoms with Gasteiger partial charge < -0.3 is 25.2 Å². The molecule has 0 saturated carbocycles. The van der Waals surface area contributed by atoms with Gasteiger partial charge in [0.25, 0.3) is 0 Å². The van der Waals surface area contributed by atoms with Gasteiger partial charge in [0.2, 0.25) is 11.8 Å². The molecule has 1 heterocycles. The van der Waals surface area contributed by atoms with Crippen molar-refractivity contribution in [3.8, 4) is 0 Å². The van der Waals surface area contributed by atoms with Crippen molar-refractivity contribution in [2.45, 2.75) is 105 Å². The van der Waals surface area contributed by atoms with Gasteiger partial charge in [-0.2, -0.15) is 0 Å². The highest BCUT2D eigenvalue weighted by Gasteiger charge is 2.42. The second kappa shape index (κ2) is 13.4. The second-order valence-corrected chi connectivity index (χ2v) is 12.3. The Bertz CT molecular complexity index is 926. The van der Waals surface area contributed by atoms with Crippen molar-refractivity contribution in [2.75, 3.05) is 6.61 Å². The third-order valence-electron chi connectivity index (χ3n) is 5.92. The van der Waals surface area contributed by atoms with Gasteiger partial charge in [0.15, 0.2) is 6.35 Å². The Morgan fingerprint density at radius 1 is 1.08 bits per heavy atom. The quantitative estimate of drug-likeness (QED) is 0.240. The van der Waals surface area contributed by atoms with Gasteiger partial charge >= 0.3 is 6.09 Å². The molecule has 1 aliphatic rings. The lowest BCUT2D eigenvalue weighted by molar-refractivity contribution is -0.207. The average molecular weight is 535 g/mol. The fourth-order valence-corrected chi connectivity index (χ4v) is 4.09. The van der Waals surface area contributed by atoms with Crippen LogP contribution in [0.25, 0.3) is 0 Å². The van der Waals surface area contributed by atoms with Crippen LogP contribution in [0.2, 0.25) is 0 Å². The number of carbonyl (C=O) groups is 3. The van der Waals surface area contributed by atoms with Crippen LogP contribution in [0, 0.1) is 11.3 Å². The van der Waals surface area contributed by atoms with Gasteiger partial charge in [0.1, 0.15) is 17.9 Å². The molecule has 0 spiro atoms. The maximum absolute atomic E-state index is 13.3. The fourth-order valence-electron chi connectivity index (χ4n) is 4.09. The van der Waals surface area contributed by atoms with Crippen molar-refractivity contribution in [1.82, 2.24) is 20.9 Å². The smallest absolute Gasteiger partial charge is 0.408 e. The van der Waals surface area contributed by atoms with Crippen LogP contribution in [-0.4, -0.2) is 64.8 Å². The van der Waals surface area contributed by atoms with Crippen molar-refractivity contribution < 1.29 is 29.0 Å². The van der Waals surface area contributed by atoms with Crippen molar-refractivity contribution in [2.24, 2.45) is 11.3 Å². The van der Waals surface area contributed by atoms with Gasteiger partial charge in [-0.15, -0.1) is 0 Å². The molecular formula is C28H46N4O6. The summed E-state index contributed by atoms with van der Waals surface area (Å²) in [7, 11) is 0. The Labute approximate surface area is 226 Å². The molecule has 0 aromatic heterocycles. The van der Waals surface area contributed by atoms with Crippen molar-refractivity contribution >= 4 is 17.9 Å². The van der Waals surface area contributed by atoms with Crippen LogP contribution in [-0.2, 0) is 25.6 Å². The minimum absolute atomic E-state index is 0.146. The third-order valence-corrected chi connectivity index (χ3v) is 5.92. The van der Waals surface area contributed by atoms with E-state index in [2.05, 4.69) is 16.0 Å². The summed E-state index contributed by atoms with van der Waals surface area (Å²) < 4.78 is 11.3. The lowest BCUT2D eigenvalue weighted by atomic mass is 9.86. The summed E-state index contributed by atoms with van der Waals surface area (Å²) in [6.07, 6.45) is -1.68. The molecular weight excluding hydrogens is 488 g/mol. The highest BCUT2D eigenvalue weighted by Crippen LogP contribution is 2.24. The van der Waals surface area contributed by atoms with Crippen LogP contribution in [0.3, 0.4) is 0 Å². The number of carbonyl (C=O) groups excluding carboxylic acids is 3. The largest absolute Gasteiger partial charge is 0.444 e. The first-order chi connectivity index (χ1) is 17.6. The molecule has 1 saturated heterocycles.